The minimum absolute atomic E-state index is 0.0438. The Kier molecular flexibility index (Phi) is 5.76. The van der Waals surface area contributed by atoms with Gasteiger partial charge in [-0.1, -0.05) is 18.2 Å². The molecule has 1 amide bonds. The highest BCUT2D eigenvalue weighted by Gasteiger charge is 2.22. The van der Waals surface area contributed by atoms with Crippen LogP contribution in [0.3, 0.4) is 0 Å². The van der Waals surface area contributed by atoms with E-state index in [9.17, 15) is 22.7 Å². The first-order chi connectivity index (χ1) is 12.8. The first-order valence-corrected chi connectivity index (χ1v) is 10.2. The van der Waals surface area contributed by atoms with Gasteiger partial charge in [0.05, 0.1) is 16.7 Å². The van der Waals surface area contributed by atoms with E-state index in [4.69, 9.17) is 0 Å². The fraction of sp³-hybridized carbons (Fsp3) is 0.316. The maximum absolute atomic E-state index is 13.7. The van der Waals surface area contributed by atoms with E-state index in [2.05, 4.69) is 10.0 Å². The van der Waals surface area contributed by atoms with Gasteiger partial charge in [-0.25, -0.2) is 12.8 Å². The van der Waals surface area contributed by atoms with Gasteiger partial charge in [0.1, 0.15) is 5.82 Å². The molecule has 0 aromatic heterocycles. The molecule has 6 nitrogen and oxygen atoms in total. The van der Waals surface area contributed by atoms with Gasteiger partial charge in [-0.3, -0.25) is 9.52 Å². The fourth-order valence-corrected chi connectivity index (χ4v) is 4.15. The Morgan fingerprint density at radius 3 is 2.44 bits per heavy atom. The van der Waals surface area contributed by atoms with Crippen LogP contribution in [0.5, 0.6) is 0 Å². The van der Waals surface area contributed by atoms with Gasteiger partial charge in [-0.05, 0) is 56.0 Å². The zero-order valence-electron chi connectivity index (χ0n) is 14.6. The molecule has 0 saturated heterocycles. The Morgan fingerprint density at radius 2 is 1.74 bits per heavy atom. The summed E-state index contributed by atoms with van der Waals surface area (Å²) in [6.45, 7) is 0. The number of amides is 1. The maximum Gasteiger partial charge on any atom is 0.262 e. The largest absolute Gasteiger partial charge is 0.393 e. The van der Waals surface area contributed by atoms with Crippen molar-refractivity contribution >= 4 is 21.6 Å². The van der Waals surface area contributed by atoms with E-state index in [0.29, 0.717) is 25.7 Å². The smallest absolute Gasteiger partial charge is 0.262 e. The minimum atomic E-state index is -4.04. The lowest BCUT2D eigenvalue weighted by Crippen LogP contribution is -2.38. The van der Waals surface area contributed by atoms with Crippen LogP contribution in [0.1, 0.15) is 36.0 Å². The lowest BCUT2D eigenvalue weighted by Gasteiger charge is -2.26. The molecule has 0 radical (unpaired) electrons. The molecule has 0 bridgehead atoms. The average molecular weight is 392 g/mol. The number of halogens is 1. The van der Waals surface area contributed by atoms with Crippen molar-refractivity contribution in [3.8, 4) is 0 Å². The van der Waals surface area contributed by atoms with Crippen molar-refractivity contribution in [2.45, 2.75) is 42.7 Å². The molecule has 1 saturated carbocycles. The topological polar surface area (TPSA) is 95.5 Å². The highest BCUT2D eigenvalue weighted by Crippen LogP contribution is 2.21. The summed E-state index contributed by atoms with van der Waals surface area (Å²) in [5.74, 6) is -1.06. The van der Waals surface area contributed by atoms with Crippen molar-refractivity contribution in [1.29, 1.82) is 0 Å². The number of nitrogens with one attached hydrogen (secondary N) is 2. The zero-order chi connectivity index (χ0) is 19.4. The van der Waals surface area contributed by atoms with E-state index in [0.717, 1.165) is 6.07 Å². The number of hydrogen-bond acceptors (Lipinski definition) is 4. The summed E-state index contributed by atoms with van der Waals surface area (Å²) < 4.78 is 41.0. The summed E-state index contributed by atoms with van der Waals surface area (Å²) in [5.41, 5.74) is 0.0469. The van der Waals surface area contributed by atoms with Crippen LogP contribution in [0.2, 0.25) is 0 Å². The number of carbonyl (C=O) groups is 1. The monoisotopic (exact) mass is 392 g/mol. The van der Waals surface area contributed by atoms with Crippen LogP contribution in [-0.2, 0) is 10.0 Å². The first-order valence-electron chi connectivity index (χ1n) is 8.71. The predicted molar refractivity (Wildman–Crippen MR) is 99.4 cm³/mol. The highest BCUT2D eigenvalue weighted by atomic mass is 32.2. The summed E-state index contributed by atoms with van der Waals surface area (Å²) in [7, 11) is -4.04. The molecule has 8 heteroatoms. The summed E-state index contributed by atoms with van der Waals surface area (Å²) in [6, 6.07) is 11.0. The van der Waals surface area contributed by atoms with Crippen LogP contribution in [-0.4, -0.2) is 31.6 Å². The van der Waals surface area contributed by atoms with E-state index in [-0.39, 0.29) is 34.2 Å². The number of benzene rings is 2. The van der Waals surface area contributed by atoms with Crippen LogP contribution in [0.25, 0.3) is 0 Å². The van der Waals surface area contributed by atoms with Crippen LogP contribution in [0.4, 0.5) is 10.1 Å². The number of hydrogen-bond donors (Lipinski definition) is 3. The molecule has 2 aromatic carbocycles. The normalized spacial score (nSPS) is 20.1. The van der Waals surface area contributed by atoms with Crippen LogP contribution >= 0.6 is 0 Å². The van der Waals surface area contributed by atoms with Crippen molar-refractivity contribution in [3.05, 3.63) is 59.9 Å². The first kappa shape index (κ1) is 19.3. The fourth-order valence-electron chi connectivity index (χ4n) is 3.04. The number of aliphatic hydroxyl groups is 1. The molecular weight excluding hydrogens is 371 g/mol. The number of anilines is 1. The van der Waals surface area contributed by atoms with Gasteiger partial charge >= 0.3 is 0 Å². The molecule has 0 spiro atoms. The molecule has 0 atom stereocenters. The van der Waals surface area contributed by atoms with Gasteiger partial charge in [0.2, 0.25) is 0 Å². The molecule has 1 fully saturated rings. The Hall–Kier alpha value is -2.45. The lowest BCUT2D eigenvalue weighted by atomic mass is 9.93. The molecular formula is C19H21FN2O4S. The summed E-state index contributed by atoms with van der Waals surface area (Å²) in [4.78, 5) is 12.3. The minimum Gasteiger partial charge on any atom is -0.393 e. The maximum atomic E-state index is 13.7. The molecule has 27 heavy (non-hydrogen) atoms. The van der Waals surface area contributed by atoms with Gasteiger partial charge in [-0.15, -0.1) is 0 Å². The number of aliphatic hydroxyl groups excluding tert-OH is 1. The second-order valence-corrected chi connectivity index (χ2v) is 8.27. The standard InChI is InChI=1S/C19H21FN2O4S/c20-17-6-1-2-7-18(17)22-27(25,26)16-5-3-4-13(12-16)19(24)21-14-8-10-15(23)11-9-14/h1-7,12,14-15,22-23H,8-11H2,(H,21,24). The molecule has 2 aromatic rings. The molecule has 1 aliphatic rings. The van der Waals surface area contributed by atoms with Crippen molar-refractivity contribution in [1.82, 2.24) is 5.32 Å². The van der Waals surface area contributed by atoms with E-state index >= 15 is 0 Å². The zero-order valence-corrected chi connectivity index (χ0v) is 15.4. The molecule has 0 aliphatic heterocycles. The van der Waals surface area contributed by atoms with Gasteiger partial charge < -0.3 is 10.4 Å². The van der Waals surface area contributed by atoms with Crippen molar-refractivity contribution < 1.29 is 22.7 Å². The quantitative estimate of drug-likeness (QED) is 0.729. The van der Waals surface area contributed by atoms with E-state index in [1.54, 1.807) is 0 Å². The Labute approximate surface area is 157 Å². The van der Waals surface area contributed by atoms with Crippen LogP contribution < -0.4 is 10.0 Å². The van der Waals surface area contributed by atoms with Gasteiger partial charge in [0.25, 0.3) is 15.9 Å². The predicted octanol–water partition coefficient (Wildman–Crippen LogP) is 2.66. The summed E-state index contributed by atoms with van der Waals surface area (Å²) >= 11 is 0. The van der Waals surface area contributed by atoms with Crippen LogP contribution in [0.15, 0.2) is 53.4 Å². The highest BCUT2D eigenvalue weighted by molar-refractivity contribution is 7.92. The Bertz CT molecular complexity index is 925. The molecule has 0 unspecified atom stereocenters. The molecule has 0 heterocycles. The third-order valence-corrected chi connectivity index (χ3v) is 5.92. The number of sulfonamides is 1. The molecule has 3 N–H and O–H groups in total. The van der Waals surface area contributed by atoms with Gasteiger partial charge in [0.15, 0.2) is 0 Å². The summed E-state index contributed by atoms with van der Waals surface area (Å²) in [5, 5.41) is 12.4. The average Bonchev–Trinajstić information content (AvgIpc) is 2.65. The third-order valence-electron chi connectivity index (χ3n) is 4.56. The third kappa shape index (κ3) is 4.84. The number of para-hydroxylation sites is 1. The van der Waals surface area contributed by atoms with E-state index in [1.165, 1.54) is 42.5 Å². The number of carbonyl (C=O) groups excluding carboxylic acids is 1. The van der Waals surface area contributed by atoms with Crippen molar-refractivity contribution in [2.75, 3.05) is 4.72 Å². The van der Waals surface area contributed by atoms with Gasteiger partial charge in [-0.2, -0.15) is 0 Å². The second kappa shape index (κ2) is 8.06. The Morgan fingerprint density at radius 1 is 1.04 bits per heavy atom. The van der Waals surface area contributed by atoms with Crippen molar-refractivity contribution in [2.24, 2.45) is 0 Å². The SMILES string of the molecule is O=C(NC1CCC(O)CC1)c1cccc(S(=O)(=O)Nc2ccccc2F)c1. The summed E-state index contributed by atoms with van der Waals surface area (Å²) in [6.07, 6.45) is 2.30. The Balaban J connectivity index is 1.74. The molecule has 144 valence electrons. The van der Waals surface area contributed by atoms with E-state index in [1.807, 2.05) is 0 Å². The van der Waals surface area contributed by atoms with E-state index < -0.39 is 15.8 Å². The molecule has 1 aliphatic carbocycles. The van der Waals surface area contributed by atoms with Gasteiger partial charge in [0, 0.05) is 11.6 Å². The lowest BCUT2D eigenvalue weighted by molar-refractivity contribution is 0.0867. The van der Waals surface area contributed by atoms with Crippen molar-refractivity contribution in [3.63, 3.8) is 0 Å². The second-order valence-electron chi connectivity index (χ2n) is 6.59. The molecule has 3 rings (SSSR count). The van der Waals surface area contributed by atoms with Crippen LogP contribution in [0, 0.1) is 5.82 Å². The number of rotatable bonds is 5.